The second kappa shape index (κ2) is 4.85. The number of aliphatic hydroxyl groups is 1. The molecule has 0 aromatic heterocycles. The van der Waals surface area contributed by atoms with Gasteiger partial charge in [-0.1, -0.05) is 23.7 Å². The SMILES string of the molecule is CC(C)(C)NC(=O)C(O)c1ccc(Cl)cc1. The molecule has 0 aliphatic rings. The monoisotopic (exact) mass is 241 g/mol. The van der Waals surface area contributed by atoms with Crippen LogP contribution in [0.3, 0.4) is 0 Å². The number of hydrogen-bond acceptors (Lipinski definition) is 2. The fraction of sp³-hybridized carbons (Fsp3) is 0.417. The molecule has 1 amide bonds. The molecule has 0 aliphatic carbocycles. The molecule has 88 valence electrons. The molecule has 0 bridgehead atoms. The lowest BCUT2D eigenvalue weighted by Gasteiger charge is -2.22. The van der Waals surface area contributed by atoms with E-state index in [4.69, 9.17) is 11.6 Å². The van der Waals surface area contributed by atoms with Gasteiger partial charge in [-0.15, -0.1) is 0 Å². The molecule has 1 aromatic rings. The number of carbonyl (C=O) groups is 1. The van der Waals surface area contributed by atoms with E-state index in [1.165, 1.54) is 0 Å². The standard InChI is InChI=1S/C12H16ClNO2/c1-12(2,3)14-11(16)10(15)8-4-6-9(13)7-5-8/h4-7,10,15H,1-3H3,(H,14,16). The lowest BCUT2D eigenvalue weighted by molar-refractivity contribution is -0.131. The normalized spacial score (nSPS) is 13.3. The smallest absolute Gasteiger partial charge is 0.253 e. The first-order valence-corrected chi connectivity index (χ1v) is 5.43. The third kappa shape index (κ3) is 3.83. The number of nitrogens with one attached hydrogen (secondary N) is 1. The average Bonchev–Trinajstić information content (AvgIpc) is 2.15. The topological polar surface area (TPSA) is 49.3 Å². The summed E-state index contributed by atoms with van der Waals surface area (Å²) in [4.78, 5) is 11.6. The van der Waals surface area contributed by atoms with E-state index in [2.05, 4.69) is 5.32 Å². The van der Waals surface area contributed by atoms with Gasteiger partial charge in [0.15, 0.2) is 6.10 Å². The summed E-state index contributed by atoms with van der Waals surface area (Å²) in [6.45, 7) is 5.58. The van der Waals surface area contributed by atoms with Crippen molar-refractivity contribution < 1.29 is 9.90 Å². The molecule has 0 heterocycles. The van der Waals surface area contributed by atoms with Crippen LogP contribution in [0, 0.1) is 0 Å². The van der Waals surface area contributed by atoms with E-state index in [0.29, 0.717) is 10.6 Å². The van der Waals surface area contributed by atoms with Gasteiger partial charge >= 0.3 is 0 Å². The summed E-state index contributed by atoms with van der Waals surface area (Å²) in [5, 5.41) is 13.1. The van der Waals surface area contributed by atoms with Crippen molar-refractivity contribution in [2.75, 3.05) is 0 Å². The Morgan fingerprint density at radius 2 is 1.81 bits per heavy atom. The van der Waals surface area contributed by atoms with Crippen LogP contribution in [0.25, 0.3) is 0 Å². The molecule has 1 aromatic carbocycles. The van der Waals surface area contributed by atoms with Crippen molar-refractivity contribution in [2.45, 2.75) is 32.4 Å². The van der Waals surface area contributed by atoms with Gasteiger partial charge in [0.05, 0.1) is 0 Å². The molecule has 1 unspecified atom stereocenters. The van der Waals surface area contributed by atoms with E-state index in [-0.39, 0.29) is 5.54 Å². The number of benzene rings is 1. The van der Waals surface area contributed by atoms with Crippen LogP contribution in [0.4, 0.5) is 0 Å². The Morgan fingerprint density at radius 3 is 2.25 bits per heavy atom. The molecular weight excluding hydrogens is 226 g/mol. The van der Waals surface area contributed by atoms with E-state index in [1.54, 1.807) is 24.3 Å². The molecule has 0 fully saturated rings. The average molecular weight is 242 g/mol. The van der Waals surface area contributed by atoms with Gasteiger partial charge in [0.1, 0.15) is 0 Å². The van der Waals surface area contributed by atoms with E-state index in [0.717, 1.165) is 0 Å². The third-order valence-corrected chi connectivity index (χ3v) is 2.18. The van der Waals surface area contributed by atoms with Crippen LogP contribution in [-0.4, -0.2) is 16.6 Å². The van der Waals surface area contributed by atoms with Crippen molar-refractivity contribution >= 4 is 17.5 Å². The van der Waals surface area contributed by atoms with Crippen LogP contribution in [0.15, 0.2) is 24.3 Å². The van der Waals surface area contributed by atoms with Gasteiger partial charge < -0.3 is 10.4 Å². The highest BCUT2D eigenvalue weighted by atomic mass is 35.5. The highest BCUT2D eigenvalue weighted by Crippen LogP contribution is 2.17. The van der Waals surface area contributed by atoms with Crippen LogP contribution in [0.2, 0.25) is 5.02 Å². The summed E-state index contributed by atoms with van der Waals surface area (Å²) in [6.07, 6.45) is -1.16. The molecule has 0 radical (unpaired) electrons. The summed E-state index contributed by atoms with van der Waals surface area (Å²) < 4.78 is 0. The third-order valence-electron chi connectivity index (χ3n) is 1.93. The second-order valence-corrected chi connectivity index (χ2v) is 5.13. The fourth-order valence-corrected chi connectivity index (χ4v) is 1.36. The van der Waals surface area contributed by atoms with Gasteiger partial charge in [-0.25, -0.2) is 0 Å². The summed E-state index contributed by atoms with van der Waals surface area (Å²) in [5.74, 6) is -0.408. The van der Waals surface area contributed by atoms with Gasteiger partial charge in [-0.3, -0.25) is 4.79 Å². The van der Waals surface area contributed by atoms with Crippen LogP contribution in [-0.2, 0) is 4.79 Å². The molecule has 0 aliphatic heterocycles. The van der Waals surface area contributed by atoms with Crippen molar-refractivity contribution in [1.82, 2.24) is 5.32 Å². The number of hydrogen-bond donors (Lipinski definition) is 2. The fourth-order valence-electron chi connectivity index (χ4n) is 1.23. The number of rotatable bonds is 2. The summed E-state index contributed by atoms with van der Waals surface area (Å²) in [7, 11) is 0. The Labute approximate surface area is 100 Å². The molecule has 1 rings (SSSR count). The zero-order valence-corrected chi connectivity index (χ0v) is 10.4. The Hall–Kier alpha value is -1.06. The molecule has 3 nitrogen and oxygen atoms in total. The maximum Gasteiger partial charge on any atom is 0.253 e. The molecule has 4 heteroatoms. The van der Waals surface area contributed by atoms with Crippen molar-refractivity contribution in [1.29, 1.82) is 0 Å². The predicted molar refractivity (Wildman–Crippen MR) is 64.3 cm³/mol. The summed E-state index contributed by atoms with van der Waals surface area (Å²) >= 11 is 5.72. The molecule has 0 saturated carbocycles. The van der Waals surface area contributed by atoms with Crippen LogP contribution >= 0.6 is 11.6 Å². The van der Waals surface area contributed by atoms with Gasteiger partial charge in [0.25, 0.3) is 5.91 Å². The number of aliphatic hydroxyl groups excluding tert-OH is 1. The van der Waals surface area contributed by atoms with Gasteiger partial charge in [-0.05, 0) is 38.5 Å². The van der Waals surface area contributed by atoms with Crippen molar-refractivity contribution in [3.05, 3.63) is 34.9 Å². The zero-order valence-electron chi connectivity index (χ0n) is 9.62. The van der Waals surface area contributed by atoms with E-state index in [9.17, 15) is 9.90 Å². The second-order valence-electron chi connectivity index (χ2n) is 4.69. The Morgan fingerprint density at radius 1 is 1.31 bits per heavy atom. The van der Waals surface area contributed by atoms with Gasteiger partial charge in [0.2, 0.25) is 0 Å². The quantitative estimate of drug-likeness (QED) is 0.835. The number of amides is 1. The minimum Gasteiger partial charge on any atom is -0.378 e. The lowest BCUT2D eigenvalue weighted by Crippen LogP contribution is -2.43. The largest absolute Gasteiger partial charge is 0.378 e. The molecule has 16 heavy (non-hydrogen) atoms. The lowest BCUT2D eigenvalue weighted by atomic mass is 10.1. The Balaban J connectivity index is 2.74. The molecule has 0 spiro atoms. The Bertz CT molecular complexity index is 368. The number of carbonyl (C=O) groups excluding carboxylic acids is 1. The Kier molecular flexibility index (Phi) is 3.94. The molecule has 1 atom stereocenters. The van der Waals surface area contributed by atoms with Crippen molar-refractivity contribution in [3.63, 3.8) is 0 Å². The van der Waals surface area contributed by atoms with Crippen LogP contribution in [0.1, 0.15) is 32.4 Å². The summed E-state index contributed by atoms with van der Waals surface area (Å²) in [5.41, 5.74) is 0.177. The van der Waals surface area contributed by atoms with Crippen LogP contribution in [0.5, 0.6) is 0 Å². The highest BCUT2D eigenvalue weighted by molar-refractivity contribution is 6.30. The van der Waals surface area contributed by atoms with Crippen molar-refractivity contribution in [2.24, 2.45) is 0 Å². The summed E-state index contributed by atoms with van der Waals surface area (Å²) in [6, 6.07) is 6.55. The minimum absolute atomic E-state index is 0.357. The van der Waals surface area contributed by atoms with Gasteiger partial charge in [0, 0.05) is 10.6 Å². The van der Waals surface area contributed by atoms with E-state index in [1.807, 2.05) is 20.8 Å². The molecular formula is C12H16ClNO2. The van der Waals surface area contributed by atoms with E-state index < -0.39 is 12.0 Å². The minimum atomic E-state index is -1.16. The maximum atomic E-state index is 11.6. The van der Waals surface area contributed by atoms with Crippen LogP contribution < -0.4 is 5.32 Å². The van der Waals surface area contributed by atoms with E-state index >= 15 is 0 Å². The first kappa shape index (κ1) is 13.0. The highest BCUT2D eigenvalue weighted by Gasteiger charge is 2.21. The zero-order chi connectivity index (χ0) is 12.3. The van der Waals surface area contributed by atoms with Gasteiger partial charge in [-0.2, -0.15) is 0 Å². The molecule has 0 saturated heterocycles. The maximum absolute atomic E-state index is 11.6. The molecule has 2 N–H and O–H groups in total. The first-order valence-electron chi connectivity index (χ1n) is 5.05. The predicted octanol–water partition coefficient (Wildman–Crippen LogP) is 2.29. The number of halogens is 1. The van der Waals surface area contributed by atoms with Crippen molar-refractivity contribution in [3.8, 4) is 0 Å². The first-order chi connectivity index (χ1) is 7.29.